The number of hydrogen-bond acceptors (Lipinski definition) is 2. The number of hydrogen-bond donors (Lipinski definition) is 0. The van der Waals surface area contributed by atoms with Crippen LogP contribution in [0.5, 0.6) is 0 Å². The molecule has 3 heteroatoms. The summed E-state index contributed by atoms with van der Waals surface area (Å²) in [5, 5.41) is 0.244. The van der Waals surface area contributed by atoms with E-state index in [0.717, 1.165) is 5.56 Å². The van der Waals surface area contributed by atoms with Crippen LogP contribution in [0.25, 0.3) is 0 Å². The molecule has 2 nitrogen and oxygen atoms in total. The Bertz CT molecular complexity index is 369. The quantitative estimate of drug-likeness (QED) is 0.538. The number of rotatable bonds is 2. The van der Waals surface area contributed by atoms with E-state index >= 15 is 0 Å². The fourth-order valence-corrected chi connectivity index (χ4v) is 1.43. The minimum absolute atomic E-state index is 0.128. The van der Waals surface area contributed by atoms with E-state index in [1.165, 1.54) is 6.92 Å². The van der Waals surface area contributed by atoms with E-state index in [9.17, 15) is 9.59 Å². The van der Waals surface area contributed by atoms with E-state index in [2.05, 4.69) is 0 Å². The molecule has 0 saturated heterocycles. The summed E-state index contributed by atoms with van der Waals surface area (Å²) in [6.45, 7) is 3.24. The molecule has 0 aliphatic heterocycles. The van der Waals surface area contributed by atoms with Gasteiger partial charge in [-0.15, -0.1) is 0 Å². The summed E-state index contributed by atoms with van der Waals surface area (Å²) in [5.74, 6) is -0.128. The number of carbonyl (C=O) groups excluding carboxylic acids is 2. The van der Waals surface area contributed by atoms with Crippen molar-refractivity contribution in [1.82, 2.24) is 0 Å². The van der Waals surface area contributed by atoms with Gasteiger partial charge < -0.3 is 0 Å². The van der Waals surface area contributed by atoms with Gasteiger partial charge in [0.2, 0.25) is 0 Å². The Hall–Kier alpha value is -1.15. The van der Waals surface area contributed by atoms with Crippen molar-refractivity contribution in [3.8, 4) is 0 Å². The number of aryl methyl sites for hydroxylation is 1. The molecular weight excluding hydrogens is 188 g/mol. The molecule has 0 bridgehead atoms. The molecule has 0 heterocycles. The number of carbonyl (C=O) groups is 2. The molecule has 0 saturated carbocycles. The summed E-state index contributed by atoms with van der Waals surface area (Å²) in [6.07, 6.45) is 0.655. The highest BCUT2D eigenvalue weighted by atomic mass is 35.5. The van der Waals surface area contributed by atoms with Crippen LogP contribution in [-0.2, 0) is 0 Å². The molecule has 0 aliphatic rings. The Morgan fingerprint density at radius 2 is 2.08 bits per heavy atom. The molecule has 0 fully saturated rings. The van der Waals surface area contributed by atoms with Gasteiger partial charge in [0.05, 0.1) is 5.02 Å². The van der Waals surface area contributed by atoms with Crippen molar-refractivity contribution in [2.45, 2.75) is 13.8 Å². The molecule has 0 N–H and O–H groups in total. The zero-order valence-electron chi connectivity index (χ0n) is 7.43. The largest absolute Gasteiger partial charge is 0.298 e. The van der Waals surface area contributed by atoms with Crippen LogP contribution in [0.2, 0.25) is 5.02 Å². The summed E-state index contributed by atoms with van der Waals surface area (Å²) >= 11 is 5.82. The van der Waals surface area contributed by atoms with E-state index in [4.69, 9.17) is 11.6 Å². The van der Waals surface area contributed by atoms with Crippen molar-refractivity contribution in [3.05, 3.63) is 33.8 Å². The van der Waals surface area contributed by atoms with Gasteiger partial charge in [-0.05, 0) is 31.5 Å². The first kappa shape index (κ1) is 9.93. The third kappa shape index (κ3) is 1.95. The maximum atomic E-state index is 11.1. The molecular formula is C10H9ClO2. The van der Waals surface area contributed by atoms with E-state index in [-0.39, 0.29) is 10.8 Å². The molecule has 1 aromatic carbocycles. The Morgan fingerprint density at radius 3 is 2.54 bits per heavy atom. The standard InChI is InChI=1S/C10H9ClO2/c1-6-3-8(5-12)10(11)9(4-6)7(2)13/h3-5H,1-2H3. The topological polar surface area (TPSA) is 34.1 Å². The molecule has 0 aliphatic carbocycles. The molecule has 0 amide bonds. The van der Waals surface area contributed by atoms with Gasteiger partial charge in [-0.25, -0.2) is 0 Å². The average Bonchev–Trinajstić information content (AvgIpc) is 2.08. The van der Waals surface area contributed by atoms with Crippen molar-refractivity contribution in [3.63, 3.8) is 0 Å². The van der Waals surface area contributed by atoms with Crippen LogP contribution in [0.1, 0.15) is 33.2 Å². The Kier molecular flexibility index (Phi) is 2.83. The minimum Gasteiger partial charge on any atom is -0.298 e. The smallest absolute Gasteiger partial charge is 0.161 e. The van der Waals surface area contributed by atoms with E-state index in [1.807, 2.05) is 6.92 Å². The number of halogens is 1. The third-order valence-corrected chi connectivity index (χ3v) is 2.17. The number of ketones is 1. The van der Waals surface area contributed by atoms with E-state index in [1.54, 1.807) is 12.1 Å². The van der Waals surface area contributed by atoms with Crippen LogP contribution >= 0.6 is 11.6 Å². The Labute approximate surface area is 81.5 Å². The van der Waals surface area contributed by atoms with Crippen molar-refractivity contribution < 1.29 is 9.59 Å². The monoisotopic (exact) mass is 196 g/mol. The highest BCUT2D eigenvalue weighted by molar-refractivity contribution is 6.36. The lowest BCUT2D eigenvalue weighted by Gasteiger charge is -2.04. The number of benzene rings is 1. The SMILES string of the molecule is CC(=O)c1cc(C)cc(C=O)c1Cl. The third-order valence-electron chi connectivity index (χ3n) is 1.75. The molecule has 1 rings (SSSR count). The highest BCUT2D eigenvalue weighted by Crippen LogP contribution is 2.22. The molecule has 13 heavy (non-hydrogen) atoms. The first-order valence-corrected chi connectivity index (χ1v) is 4.20. The van der Waals surface area contributed by atoms with Gasteiger partial charge in [-0.2, -0.15) is 0 Å². The lowest BCUT2D eigenvalue weighted by Crippen LogP contribution is -1.97. The summed E-state index contributed by atoms with van der Waals surface area (Å²) in [5.41, 5.74) is 1.63. The summed E-state index contributed by atoms with van der Waals surface area (Å²) in [4.78, 5) is 21.6. The van der Waals surface area contributed by atoms with Gasteiger partial charge in [-0.3, -0.25) is 9.59 Å². The summed E-state index contributed by atoms with van der Waals surface area (Å²) in [7, 11) is 0. The second-order valence-corrected chi connectivity index (χ2v) is 3.27. The van der Waals surface area contributed by atoms with Crippen LogP contribution in [0.4, 0.5) is 0 Å². The Morgan fingerprint density at radius 1 is 1.46 bits per heavy atom. The molecule has 0 spiro atoms. The molecule has 0 aromatic heterocycles. The van der Waals surface area contributed by atoms with Gasteiger partial charge in [0.15, 0.2) is 12.1 Å². The highest BCUT2D eigenvalue weighted by Gasteiger charge is 2.10. The normalized spacial score (nSPS) is 9.77. The maximum Gasteiger partial charge on any atom is 0.161 e. The lowest BCUT2D eigenvalue weighted by molar-refractivity contribution is 0.101. The fourth-order valence-electron chi connectivity index (χ4n) is 1.14. The zero-order chi connectivity index (χ0) is 10.0. The second kappa shape index (κ2) is 3.71. The second-order valence-electron chi connectivity index (χ2n) is 2.89. The predicted molar refractivity (Wildman–Crippen MR) is 51.6 cm³/mol. The lowest BCUT2D eigenvalue weighted by atomic mass is 10.0. The van der Waals surface area contributed by atoms with Gasteiger partial charge in [0.1, 0.15) is 0 Å². The van der Waals surface area contributed by atoms with Gasteiger partial charge >= 0.3 is 0 Å². The minimum atomic E-state index is -0.128. The van der Waals surface area contributed by atoms with E-state index in [0.29, 0.717) is 17.4 Å². The predicted octanol–water partition coefficient (Wildman–Crippen LogP) is 2.66. The van der Waals surface area contributed by atoms with Gasteiger partial charge in [0, 0.05) is 11.1 Å². The molecule has 0 atom stereocenters. The summed E-state index contributed by atoms with van der Waals surface area (Å²) in [6, 6.07) is 3.33. The Balaban J connectivity index is 3.44. The van der Waals surface area contributed by atoms with Crippen molar-refractivity contribution >= 4 is 23.7 Å². The molecule has 1 aromatic rings. The zero-order valence-corrected chi connectivity index (χ0v) is 8.18. The van der Waals surface area contributed by atoms with Crippen LogP contribution in [0, 0.1) is 6.92 Å². The maximum absolute atomic E-state index is 11.1. The van der Waals surface area contributed by atoms with Crippen LogP contribution in [-0.4, -0.2) is 12.1 Å². The molecule has 0 radical (unpaired) electrons. The van der Waals surface area contributed by atoms with E-state index < -0.39 is 0 Å². The van der Waals surface area contributed by atoms with Gasteiger partial charge in [-0.1, -0.05) is 11.6 Å². The number of aldehydes is 1. The van der Waals surface area contributed by atoms with Crippen LogP contribution in [0.15, 0.2) is 12.1 Å². The van der Waals surface area contributed by atoms with Crippen molar-refractivity contribution in [2.75, 3.05) is 0 Å². The van der Waals surface area contributed by atoms with Gasteiger partial charge in [0.25, 0.3) is 0 Å². The summed E-state index contributed by atoms with van der Waals surface area (Å²) < 4.78 is 0. The van der Waals surface area contributed by atoms with Crippen molar-refractivity contribution in [1.29, 1.82) is 0 Å². The average molecular weight is 197 g/mol. The first-order valence-electron chi connectivity index (χ1n) is 3.82. The van der Waals surface area contributed by atoms with Crippen LogP contribution < -0.4 is 0 Å². The molecule has 68 valence electrons. The van der Waals surface area contributed by atoms with Crippen LogP contribution in [0.3, 0.4) is 0 Å². The van der Waals surface area contributed by atoms with Crippen molar-refractivity contribution in [2.24, 2.45) is 0 Å². The number of Topliss-reactive ketones (excluding diaryl/α,β-unsaturated/α-hetero) is 1. The first-order chi connectivity index (χ1) is 6.06. The molecule has 0 unspecified atom stereocenters. The fraction of sp³-hybridized carbons (Fsp3) is 0.200.